The van der Waals surface area contributed by atoms with Gasteiger partial charge in [-0.05, 0) is 42.7 Å². The first-order chi connectivity index (χ1) is 15.8. The third kappa shape index (κ3) is 6.11. The number of rotatable bonds is 8. The Bertz CT molecular complexity index is 987. The lowest BCUT2D eigenvalue weighted by Gasteiger charge is -2.35. The van der Waals surface area contributed by atoms with Crippen molar-refractivity contribution in [2.45, 2.75) is 20.3 Å². The standard InChI is InChI=1S/C25H31ClN2O5/c1-17(2)8-13-33-23-21(26)15-19(16-22(23)32-4)25(30)28-11-9-27(10-12-28)24(29)18-6-5-7-20(14-18)31-3/h5-7,14-17H,8-13H2,1-4H3. The van der Waals surface area contributed by atoms with Crippen LogP contribution in [0.5, 0.6) is 17.2 Å². The number of ether oxygens (including phenoxy) is 3. The zero-order valence-corrected chi connectivity index (χ0v) is 20.4. The summed E-state index contributed by atoms with van der Waals surface area (Å²) in [5.41, 5.74) is 0.999. The molecule has 0 unspecified atom stereocenters. The van der Waals surface area contributed by atoms with E-state index < -0.39 is 0 Å². The van der Waals surface area contributed by atoms with Crippen LogP contribution in [0.15, 0.2) is 36.4 Å². The Morgan fingerprint density at radius 3 is 2.15 bits per heavy atom. The second-order valence-corrected chi connectivity index (χ2v) is 8.74. The molecule has 1 aliphatic rings. The van der Waals surface area contributed by atoms with E-state index in [1.54, 1.807) is 53.3 Å². The molecule has 2 amide bonds. The van der Waals surface area contributed by atoms with Crippen molar-refractivity contribution in [2.24, 2.45) is 5.92 Å². The number of benzene rings is 2. The lowest BCUT2D eigenvalue weighted by atomic mass is 10.1. The van der Waals surface area contributed by atoms with Crippen LogP contribution in [0, 0.1) is 5.92 Å². The van der Waals surface area contributed by atoms with Gasteiger partial charge in [0.2, 0.25) is 0 Å². The van der Waals surface area contributed by atoms with Gasteiger partial charge in [-0.3, -0.25) is 9.59 Å². The zero-order chi connectivity index (χ0) is 24.0. The van der Waals surface area contributed by atoms with Crippen LogP contribution in [0.2, 0.25) is 5.02 Å². The summed E-state index contributed by atoms with van der Waals surface area (Å²) in [4.78, 5) is 29.4. The molecule has 2 aromatic rings. The largest absolute Gasteiger partial charge is 0.497 e. The van der Waals surface area contributed by atoms with Crippen LogP contribution in [-0.2, 0) is 0 Å². The van der Waals surface area contributed by atoms with Gasteiger partial charge in [0.05, 0.1) is 25.8 Å². The van der Waals surface area contributed by atoms with E-state index in [0.717, 1.165) is 6.42 Å². The van der Waals surface area contributed by atoms with Crippen LogP contribution in [0.1, 0.15) is 41.0 Å². The highest BCUT2D eigenvalue weighted by Crippen LogP contribution is 2.37. The van der Waals surface area contributed by atoms with E-state index in [9.17, 15) is 9.59 Å². The summed E-state index contributed by atoms with van der Waals surface area (Å²) in [5.74, 6) is 1.79. The number of nitrogens with zero attached hydrogens (tertiary/aromatic N) is 2. The predicted molar refractivity (Wildman–Crippen MR) is 128 cm³/mol. The monoisotopic (exact) mass is 474 g/mol. The van der Waals surface area contributed by atoms with Gasteiger partial charge in [-0.15, -0.1) is 0 Å². The molecule has 7 nitrogen and oxygen atoms in total. The first-order valence-corrected chi connectivity index (χ1v) is 11.4. The Kier molecular flexibility index (Phi) is 8.44. The molecular weight excluding hydrogens is 444 g/mol. The first-order valence-electron chi connectivity index (χ1n) is 11.1. The number of hydrogen-bond acceptors (Lipinski definition) is 5. The van der Waals surface area contributed by atoms with Gasteiger partial charge in [-0.1, -0.05) is 31.5 Å². The number of carbonyl (C=O) groups is 2. The number of methoxy groups -OCH3 is 2. The molecule has 1 fully saturated rings. The van der Waals surface area contributed by atoms with Crippen LogP contribution in [0.3, 0.4) is 0 Å². The van der Waals surface area contributed by atoms with Crippen molar-refractivity contribution in [3.05, 3.63) is 52.5 Å². The molecule has 8 heteroatoms. The minimum Gasteiger partial charge on any atom is -0.497 e. The fraction of sp³-hybridized carbons (Fsp3) is 0.440. The van der Waals surface area contributed by atoms with E-state index in [1.807, 2.05) is 0 Å². The highest BCUT2D eigenvalue weighted by atomic mass is 35.5. The maximum Gasteiger partial charge on any atom is 0.254 e. The Labute approximate surface area is 200 Å². The lowest BCUT2D eigenvalue weighted by Crippen LogP contribution is -2.50. The smallest absolute Gasteiger partial charge is 0.254 e. The molecule has 0 aromatic heterocycles. The summed E-state index contributed by atoms with van der Waals surface area (Å²) < 4.78 is 16.5. The van der Waals surface area contributed by atoms with Crippen molar-refractivity contribution in [1.29, 1.82) is 0 Å². The third-order valence-corrected chi connectivity index (χ3v) is 5.87. The van der Waals surface area contributed by atoms with E-state index in [1.165, 1.54) is 7.11 Å². The zero-order valence-electron chi connectivity index (χ0n) is 19.6. The Balaban J connectivity index is 1.65. The van der Waals surface area contributed by atoms with Gasteiger partial charge in [0, 0.05) is 37.3 Å². The average Bonchev–Trinajstić information content (AvgIpc) is 2.83. The molecule has 178 valence electrons. The first kappa shape index (κ1) is 24.7. The molecule has 0 N–H and O–H groups in total. The lowest BCUT2D eigenvalue weighted by molar-refractivity contribution is 0.0535. The van der Waals surface area contributed by atoms with Gasteiger partial charge in [-0.25, -0.2) is 0 Å². The van der Waals surface area contributed by atoms with Gasteiger partial charge in [-0.2, -0.15) is 0 Å². The SMILES string of the molecule is COc1cccc(C(=O)N2CCN(C(=O)c3cc(Cl)c(OCCC(C)C)c(OC)c3)CC2)c1. The van der Waals surface area contributed by atoms with Crippen molar-refractivity contribution < 1.29 is 23.8 Å². The van der Waals surface area contributed by atoms with E-state index >= 15 is 0 Å². The second-order valence-electron chi connectivity index (χ2n) is 8.34. The van der Waals surface area contributed by atoms with Crippen LogP contribution in [0.25, 0.3) is 0 Å². The van der Waals surface area contributed by atoms with Gasteiger partial charge in [0.25, 0.3) is 11.8 Å². The van der Waals surface area contributed by atoms with Crippen molar-refractivity contribution in [1.82, 2.24) is 9.80 Å². The van der Waals surface area contributed by atoms with Crippen molar-refractivity contribution >= 4 is 23.4 Å². The van der Waals surface area contributed by atoms with E-state index in [-0.39, 0.29) is 11.8 Å². The molecule has 33 heavy (non-hydrogen) atoms. The number of piperazine rings is 1. The molecule has 0 bridgehead atoms. The third-order valence-electron chi connectivity index (χ3n) is 5.59. The molecule has 3 rings (SSSR count). The summed E-state index contributed by atoms with van der Waals surface area (Å²) in [6.07, 6.45) is 0.888. The normalized spacial score (nSPS) is 13.8. The molecule has 0 radical (unpaired) electrons. The van der Waals surface area contributed by atoms with Crippen molar-refractivity contribution in [2.75, 3.05) is 47.0 Å². The topological polar surface area (TPSA) is 68.3 Å². The van der Waals surface area contributed by atoms with Gasteiger partial charge >= 0.3 is 0 Å². The van der Waals surface area contributed by atoms with Crippen LogP contribution >= 0.6 is 11.6 Å². The fourth-order valence-corrected chi connectivity index (χ4v) is 3.88. The summed E-state index contributed by atoms with van der Waals surface area (Å²) in [7, 11) is 3.09. The highest BCUT2D eigenvalue weighted by molar-refractivity contribution is 6.32. The van der Waals surface area contributed by atoms with Crippen molar-refractivity contribution in [3.8, 4) is 17.2 Å². The average molecular weight is 475 g/mol. The van der Waals surface area contributed by atoms with Gasteiger partial charge in [0.1, 0.15) is 5.75 Å². The Morgan fingerprint density at radius 2 is 1.58 bits per heavy atom. The van der Waals surface area contributed by atoms with E-state index in [4.69, 9.17) is 25.8 Å². The molecule has 1 aliphatic heterocycles. The van der Waals surface area contributed by atoms with Crippen LogP contribution < -0.4 is 14.2 Å². The summed E-state index contributed by atoms with van der Waals surface area (Å²) in [5, 5.41) is 0.341. The van der Waals surface area contributed by atoms with Crippen LogP contribution in [0.4, 0.5) is 0 Å². The quantitative estimate of drug-likeness (QED) is 0.568. The summed E-state index contributed by atoms with van der Waals surface area (Å²) in [6.45, 7) is 6.51. The Morgan fingerprint density at radius 1 is 0.939 bits per heavy atom. The molecule has 0 saturated carbocycles. The molecule has 1 heterocycles. The molecule has 0 spiro atoms. The fourth-order valence-electron chi connectivity index (χ4n) is 3.61. The maximum atomic E-state index is 13.1. The minimum absolute atomic E-state index is 0.0754. The number of hydrogen-bond donors (Lipinski definition) is 0. The maximum absolute atomic E-state index is 13.1. The number of carbonyl (C=O) groups excluding carboxylic acids is 2. The van der Waals surface area contributed by atoms with E-state index in [0.29, 0.717) is 72.1 Å². The van der Waals surface area contributed by atoms with E-state index in [2.05, 4.69) is 13.8 Å². The highest BCUT2D eigenvalue weighted by Gasteiger charge is 2.27. The number of halogens is 1. The number of amides is 2. The molecule has 0 aliphatic carbocycles. The van der Waals surface area contributed by atoms with Crippen molar-refractivity contribution in [3.63, 3.8) is 0 Å². The molecule has 2 aromatic carbocycles. The second kappa shape index (κ2) is 11.3. The van der Waals surface area contributed by atoms with Gasteiger partial charge in [0.15, 0.2) is 11.5 Å². The summed E-state index contributed by atoms with van der Waals surface area (Å²) in [6, 6.07) is 10.4. The molecule has 0 atom stereocenters. The van der Waals surface area contributed by atoms with Gasteiger partial charge < -0.3 is 24.0 Å². The molecule has 1 saturated heterocycles. The minimum atomic E-state index is -0.155. The predicted octanol–water partition coefficient (Wildman–Crippen LogP) is 4.38. The molecular formula is C25H31ClN2O5. The Hall–Kier alpha value is -2.93. The van der Waals surface area contributed by atoms with Crippen LogP contribution in [-0.4, -0.2) is 68.6 Å². The summed E-state index contributed by atoms with van der Waals surface area (Å²) >= 11 is 6.43.